The largest absolute Gasteiger partial charge is 0.389 e. The van der Waals surface area contributed by atoms with Crippen LogP contribution in [0.1, 0.15) is 22.8 Å². The molecule has 0 aliphatic heterocycles. The number of nitriles is 1. The van der Waals surface area contributed by atoms with Gasteiger partial charge in [-0.15, -0.1) is 0 Å². The number of Topliss-reactive ketones (excluding diaryl/α,β-unsaturated/α-hetero) is 1. The summed E-state index contributed by atoms with van der Waals surface area (Å²) in [6, 6.07) is 15.9. The van der Waals surface area contributed by atoms with E-state index in [2.05, 4.69) is 10.6 Å². The predicted octanol–water partition coefficient (Wildman–Crippen LogP) is 3.72. The van der Waals surface area contributed by atoms with Crippen molar-refractivity contribution in [2.45, 2.75) is 13.3 Å². The number of hydrogen-bond acceptors (Lipinski definition) is 4. The zero-order valence-corrected chi connectivity index (χ0v) is 15.0. The lowest BCUT2D eigenvalue weighted by Crippen LogP contribution is -2.18. The van der Waals surface area contributed by atoms with Gasteiger partial charge in [0, 0.05) is 29.0 Å². The van der Waals surface area contributed by atoms with Crippen molar-refractivity contribution >= 4 is 29.0 Å². The molecule has 0 radical (unpaired) electrons. The molecule has 0 fully saturated rings. The molecule has 2 aromatic carbocycles. The van der Waals surface area contributed by atoms with Gasteiger partial charge in [0.2, 0.25) is 0 Å². The minimum atomic E-state index is -0.520. The van der Waals surface area contributed by atoms with Crippen molar-refractivity contribution in [1.29, 1.82) is 5.26 Å². The van der Waals surface area contributed by atoms with Crippen molar-refractivity contribution in [2.24, 2.45) is 0 Å². The van der Waals surface area contributed by atoms with Crippen molar-refractivity contribution in [3.63, 3.8) is 0 Å². The molecule has 0 aliphatic rings. The lowest BCUT2D eigenvalue weighted by Gasteiger charge is -2.06. The number of anilines is 1. The highest BCUT2D eigenvalue weighted by Crippen LogP contribution is 2.15. The quantitative estimate of drug-likeness (QED) is 0.338. The molecule has 132 valence electrons. The highest BCUT2D eigenvalue weighted by atomic mass is 35.5. The molecule has 5 nitrogen and oxygen atoms in total. The predicted molar refractivity (Wildman–Crippen MR) is 102 cm³/mol. The van der Waals surface area contributed by atoms with E-state index in [1.165, 1.54) is 13.1 Å². The van der Waals surface area contributed by atoms with Crippen LogP contribution in [-0.4, -0.2) is 18.2 Å². The number of halogens is 1. The number of hydrogen-bond donors (Lipinski definition) is 2. The molecule has 0 spiro atoms. The second kappa shape index (κ2) is 9.40. The van der Waals surface area contributed by atoms with Gasteiger partial charge >= 0.3 is 0 Å². The van der Waals surface area contributed by atoms with E-state index in [-0.39, 0.29) is 11.4 Å². The van der Waals surface area contributed by atoms with Gasteiger partial charge in [0.1, 0.15) is 11.6 Å². The Balaban J connectivity index is 1.91. The third kappa shape index (κ3) is 5.47. The summed E-state index contributed by atoms with van der Waals surface area (Å²) < 4.78 is 0. The van der Waals surface area contributed by atoms with E-state index < -0.39 is 5.91 Å². The van der Waals surface area contributed by atoms with Crippen molar-refractivity contribution in [1.82, 2.24) is 5.32 Å². The van der Waals surface area contributed by atoms with E-state index in [0.29, 0.717) is 29.2 Å². The molecule has 2 N–H and O–H groups in total. The first kappa shape index (κ1) is 19.2. The molecule has 0 aromatic heterocycles. The molecule has 0 heterocycles. The highest BCUT2D eigenvalue weighted by molar-refractivity contribution is 6.31. The van der Waals surface area contributed by atoms with E-state index in [9.17, 15) is 9.59 Å². The second-order valence-electron chi connectivity index (χ2n) is 5.55. The number of amides is 1. The Bertz CT molecular complexity index is 867. The van der Waals surface area contributed by atoms with Gasteiger partial charge in [-0.2, -0.15) is 5.26 Å². The second-order valence-corrected chi connectivity index (χ2v) is 5.96. The smallest absolute Gasteiger partial charge is 0.267 e. The molecule has 6 heteroatoms. The summed E-state index contributed by atoms with van der Waals surface area (Å²) >= 11 is 6.08. The summed E-state index contributed by atoms with van der Waals surface area (Å²) in [5, 5.41) is 15.4. The molecule has 26 heavy (non-hydrogen) atoms. The first-order chi connectivity index (χ1) is 12.5. The SMILES string of the molecule is CC(=O)c1ccc(NC(=O)/C(C#N)=C\NCCc2ccccc2Cl)cc1. The first-order valence-corrected chi connectivity index (χ1v) is 8.38. The van der Waals surface area contributed by atoms with Crippen LogP contribution >= 0.6 is 11.6 Å². The summed E-state index contributed by atoms with van der Waals surface area (Å²) in [7, 11) is 0. The van der Waals surface area contributed by atoms with Crippen molar-refractivity contribution in [3.8, 4) is 6.07 Å². The third-order valence-electron chi connectivity index (χ3n) is 3.66. The Morgan fingerprint density at radius 2 is 1.85 bits per heavy atom. The molecule has 0 unspecified atom stereocenters. The number of carbonyl (C=O) groups excluding carboxylic acids is 2. The maximum absolute atomic E-state index is 12.2. The fourth-order valence-corrected chi connectivity index (χ4v) is 2.45. The number of carbonyl (C=O) groups is 2. The normalized spacial score (nSPS) is 10.7. The van der Waals surface area contributed by atoms with Gasteiger partial charge in [0.05, 0.1) is 0 Å². The monoisotopic (exact) mass is 367 g/mol. The zero-order chi connectivity index (χ0) is 18.9. The van der Waals surface area contributed by atoms with Crippen LogP contribution in [0.4, 0.5) is 5.69 Å². The van der Waals surface area contributed by atoms with Crippen LogP contribution in [0.25, 0.3) is 0 Å². The van der Waals surface area contributed by atoms with Gasteiger partial charge in [-0.1, -0.05) is 29.8 Å². The molecule has 0 atom stereocenters. The van der Waals surface area contributed by atoms with Gasteiger partial charge in [0.25, 0.3) is 5.91 Å². The van der Waals surface area contributed by atoms with Crippen LogP contribution in [0.2, 0.25) is 5.02 Å². The molecule has 0 aliphatic carbocycles. The Morgan fingerprint density at radius 3 is 2.46 bits per heavy atom. The number of rotatable bonds is 7. The Labute approximate surface area is 157 Å². The maximum Gasteiger partial charge on any atom is 0.267 e. The van der Waals surface area contributed by atoms with Crippen molar-refractivity contribution in [3.05, 3.63) is 76.5 Å². The molecule has 0 saturated heterocycles. The first-order valence-electron chi connectivity index (χ1n) is 8.00. The van der Waals surface area contributed by atoms with E-state index in [0.717, 1.165) is 5.56 Å². The Morgan fingerprint density at radius 1 is 1.15 bits per heavy atom. The average molecular weight is 368 g/mol. The van der Waals surface area contributed by atoms with Gasteiger partial charge in [-0.25, -0.2) is 0 Å². The van der Waals surface area contributed by atoms with E-state index in [4.69, 9.17) is 16.9 Å². The molecule has 1 amide bonds. The molecular weight excluding hydrogens is 350 g/mol. The molecule has 2 aromatic rings. The topological polar surface area (TPSA) is 82.0 Å². The summed E-state index contributed by atoms with van der Waals surface area (Å²) in [5.41, 5.74) is 2.01. The third-order valence-corrected chi connectivity index (χ3v) is 4.03. The van der Waals surface area contributed by atoms with Gasteiger partial charge in [-0.3, -0.25) is 9.59 Å². The van der Waals surface area contributed by atoms with Crippen molar-refractivity contribution < 1.29 is 9.59 Å². The molecule has 0 bridgehead atoms. The van der Waals surface area contributed by atoms with E-state index >= 15 is 0 Å². The van der Waals surface area contributed by atoms with Crippen molar-refractivity contribution in [2.75, 3.05) is 11.9 Å². The summed E-state index contributed by atoms with van der Waals surface area (Å²) in [6.07, 6.45) is 2.05. The van der Waals surface area contributed by atoms with E-state index in [1.54, 1.807) is 24.3 Å². The van der Waals surface area contributed by atoms with Crippen LogP contribution in [-0.2, 0) is 11.2 Å². The van der Waals surface area contributed by atoms with Crippen LogP contribution in [0, 0.1) is 11.3 Å². The lowest BCUT2D eigenvalue weighted by molar-refractivity contribution is -0.112. The maximum atomic E-state index is 12.2. The minimum absolute atomic E-state index is 0.0418. The van der Waals surface area contributed by atoms with Gasteiger partial charge < -0.3 is 10.6 Å². The fraction of sp³-hybridized carbons (Fsp3) is 0.150. The van der Waals surface area contributed by atoms with Gasteiger partial charge in [0.15, 0.2) is 5.78 Å². The summed E-state index contributed by atoms with van der Waals surface area (Å²) in [6.45, 7) is 2.01. The highest BCUT2D eigenvalue weighted by Gasteiger charge is 2.09. The van der Waals surface area contributed by atoms with E-state index in [1.807, 2.05) is 30.3 Å². The van der Waals surface area contributed by atoms with Gasteiger partial charge in [-0.05, 0) is 49.2 Å². The lowest BCUT2D eigenvalue weighted by atomic mass is 10.1. The fourth-order valence-electron chi connectivity index (χ4n) is 2.22. The van der Waals surface area contributed by atoms with Crippen LogP contribution in [0.5, 0.6) is 0 Å². The number of nitrogens with one attached hydrogen (secondary N) is 2. The van der Waals surface area contributed by atoms with Crippen LogP contribution < -0.4 is 10.6 Å². The minimum Gasteiger partial charge on any atom is -0.389 e. The summed E-state index contributed by atoms with van der Waals surface area (Å²) in [4.78, 5) is 23.4. The number of ketones is 1. The van der Waals surface area contributed by atoms with Crippen LogP contribution in [0.3, 0.4) is 0 Å². The molecule has 2 rings (SSSR count). The number of nitrogens with zero attached hydrogens (tertiary/aromatic N) is 1. The Kier molecular flexibility index (Phi) is 6.95. The summed E-state index contributed by atoms with van der Waals surface area (Å²) in [5.74, 6) is -0.573. The zero-order valence-electron chi connectivity index (χ0n) is 14.3. The Hall–Kier alpha value is -3.10. The standard InChI is InChI=1S/C20H18ClN3O2/c1-14(25)15-6-8-18(9-7-15)24-20(26)17(12-22)13-23-11-10-16-4-2-3-5-19(16)21/h2-9,13,23H,10-11H2,1H3,(H,24,26)/b17-13-. The number of benzene rings is 2. The molecule has 0 saturated carbocycles. The van der Waals surface area contributed by atoms with Crippen LogP contribution in [0.15, 0.2) is 60.3 Å². The average Bonchev–Trinajstić information content (AvgIpc) is 2.63. The molecular formula is C20H18ClN3O2.